The molecule has 0 aliphatic carbocycles. The van der Waals surface area contributed by atoms with Gasteiger partial charge < -0.3 is 10.4 Å². The number of hydrogen-bond donors (Lipinski definition) is 2. The highest BCUT2D eigenvalue weighted by Crippen LogP contribution is 2.23. The number of rotatable bonds is 5. The number of carboxylic acid groups (broad SMARTS) is 1. The number of anilines is 1. The average Bonchev–Trinajstić information content (AvgIpc) is 2.89. The number of thiophene rings is 1. The Bertz CT molecular complexity index is 610. The molecule has 1 heterocycles. The van der Waals surface area contributed by atoms with E-state index < -0.39 is 10.9 Å². The van der Waals surface area contributed by atoms with E-state index in [0.717, 1.165) is 11.6 Å². The Balaban J connectivity index is 2.24. The molecule has 2 N–H and O–H groups in total. The second-order valence-electron chi connectivity index (χ2n) is 3.78. The van der Waals surface area contributed by atoms with Crippen molar-refractivity contribution in [3.63, 3.8) is 0 Å². The molecule has 0 aliphatic rings. The lowest BCUT2D eigenvalue weighted by atomic mass is 10.1. The summed E-state index contributed by atoms with van der Waals surface area (Å²) >= 11 is 1.55. The molecule has 98 valence electrons. The largest absolute Gasteiger partial charge is 0.478 e. The second kappa shape index (κ2) is 5.49. The first-order valence-corrected chi connectivity index (χ1v) is 6.29. The van der Waals surface area contributed by atoms with Crippen LogP contribution < -0.4 is 5.32 Å². The summed E-state index contributed by atoms with van der Waals surface area (Å²) in [4.78, 5) is 21.1. The van der Waals surface area contributed by atoms with Crippen molar-refractivity contribution in [3.05, 3.63) is 56.3 Å². The summed E-state index contributed by atoms with van der Waals surface area (Å²) < 4.78 is 0. The van der Waals surface area contributed by atoms with Gasteiger partial charge in [0.05, 0.1) is 10.5 Å². The third-order valence-electron chi connectivity index (χ3n) is 2.51. The molecule has 6 nitrogen and oxygen atoms in total. The number of benzene rings is 1. The fourth-order valence-corrected chi connectivity index (χ4v) is 2.24. The van der Waals surface area contributed by atoms with Gasteiger partial charge in [-0.25, -0.2) is 4.79 Å². The third kappa shape index (κ3) is 3.08. The number of carboxylic acids is 1. The van der Waals surface area contributed by atoms with Crippen LogP contribution in [-0.4, -0.2) is 16.0 Å². The van der Waals surface area contributed by atoms with Crippen LogP contribution >= 0.6 is 11.3 Å². The van der Waals surface area contributed by atoms with Gasteiger partial charge in [0, 0.05) is 24.4 Å². The quantitative estimate of drug-likeness (QED) is 0.648. The second-order valence-corrected chi connectivity index (χ2v) is 4.56. The van der Waals surface area contributed by atoms with E-state index in [4.69, 9.17) is 5.11 Å². The molecule has 2 aromatic rings. The molecule has 0 aliphatic heterocycles. The topological polar surface area (TPSA) is 92.5 Å². The molecular formula is C12H10N2O4S. The lowest BCUT2D eigenvalue weighted by molar-refractivity contribution is -0.384. The minimum absolute atomic E-state index is 0.107. The lowest BCUT2D eigenvalue weighted by Gasteiger charge is -2.08. The van der Waals surface area contributed by atoms with Crippen LogP contribution in [0.5, 0.6) is 0 Å². The standard InChI is InChI=1S/C12H10N2O4S/c15-12(16)10-5-9(14(17)18)1-2-11(10)13-6-8-3-4-19-7-8/h1-5,7,13H,6H2,(H,15,16). The average molecular weight is 278 g/mol. The highest BCUT2D eigenvalue weighted by Gasteiger charge is 2.15. The maximum atomic E-state index is 11.1. The summed E-state index contributed by atoms with van der Waals surface area (Å²) in [5.74, 6) is -1.20. The molecule has 0 spiro atoms. The van der Waals surface area contributed by atoms with Crippen LogP contribution in [0.4, 0.5) is 11.4 Å². The van der Waals surface area contributed by atoms with Gasteiger partial charge in [-0.15, -0.1) is 0 Å². The Kier molecular flexibility index (Phi) is 3.76. The van der Waals surface area contributed by atoms with Gasteiger partial charge in [-0.2, -0.15) is 11.3 Å². The van der Waals surface area contributed by atoms with E-state index in [1.165, 1.54) is 12.1 Å². The zero-order chi connectivity index (χ0) is 13.8. The van der Waals surface area contributed by atoms with Gasteiger partial charge in [0.15, 0.2) is 0 Å². The first kappa shape index (κ1) is 13.0. The molecule has 2 rings (SSSR count). The Hall–Kier alpha value is -2.41. The van der Waals surface area contributed by atoms with Crippen LogP contribution in [0.25, 0.3) is 0 Å². The van der Waals surface area contributed by atoms with E-state index in [0.29, 0.717) is 12.2 Å². The maximum absolute atomic E-state index is 11.1. The number of hydrogen-bond acceptors (Lipinski definition) is 5. The fourth-order valence-electron chi connectivity index (χ4n) is 1.57. The van der Waals surface area contributed by atoms with Crippen LogP contribution in [0.2, 0.25) is 0 Å². The molecule has 0 bridgehead atoms. The first-order valence-electron chi connectivity index (χ1n) is 5.34. The van der Waals surface area contributed by atoms with Crippen LogP contribution in [0, 0.1) is 10.1 Å². The predicted octanol–water partition coefficient (Wildman–Crippen LogP) is 2.97. The van der Waals surface area contributed by atoms with Gasteiger partial charge in [-0.3, -0.25) is 10.1 Å². The van der Waals surface area contributed by atoms with E-state index in [1.54, 1.807) is 11.3 Å². The molecule has 0 fully saturated rings. The monoisotopic (exact) mass is 278 g/mol. The minimum Gasteiger partial charge on any atom is -0.478 e. The number of nitro benzene ring substituents is 1. The van der Waals surface area contributed by atoms with Crippen LogP contribution in [0.15, 0.2) is 35.0 Å². The molecule has 7 heteroatoms. The lowest BCUT2D eigenvalue weighted by Crippen LogP contribution is -2.06. The summed E-state index contributed by atoms with van der Waals surface area (Å²) in [5.41, 5.74) is 1.05. The predicted molar refractivity (Wildman–Crippen MR) is 71.7 cm³/mol. The number of nitro groups is 1. The summed E-state index contributed by atoms with van der Waals surface area (Å²) in [6, 6.07) is 5.66. The van der Waals surface area contributed by atoms with Crippen molar-refractivity contribution in [1.29, 1.82) is 0 Å². The smallest absolute Gasteiger partial charge is 0.338 e. The summed E-state index contributed by atoms with van der Waals surface area (Å²) in [6.07, 6.45) is 0. The van der Waals surface area contributed by atoms with Crippen molar-refractivity contribution in [3.8, 4) is 0 Å². The summed E-state index contributed by atoms with van der Waals surface area (Å²) in [7, 11) is 0. The van der Waals surface area contributed by atoms with Crippen molar-refractivity contribution in [2.75, 3.05) is 5.32 Å². The normalized spacial score (nSPS) is 10.1. The summed E-state index contributed by atoms with van der Waals surface area (Å²) in [6.45, 7) is 0.474. The Labute approximate surface area is 112 Å². The third-order valence-corrected chi connectivity index (χ3v) is 3.24. The van der Waals surface area contributed by atoms with E-state index >= 15 is 0 Å². The zero-order valence-corrected chi connectivity index (χ0v) is 10.5. The number of aromatic carboxylic acids is 1. The number of nitrogens with one attached hydrogen (secondary N) is 1. The Morgan fingerprint density at radius 2 is 2.21 bits per heavy atom. The van der Waals surface area contributed by atoms with E-state index in [1.807, 2.05) is 16.8 Å². The molecule has 0 amide bonds. The van der Waals surface area contributed by atoms with Crippen LogP contribution in [0.3, 0.4) is 0 Å². The van der Waals surface area contributed by atoms with Gasteiger partial charge >= 0.3 is 5.97 Å². The number of non-ortho nitro benzene ring substituents is 1. The fraction of sp³-hybridized carbons (Fsp3) is 0.0833. The summed E-state index contributed by atoms with van der Waals surface area (Å²) in [5, 5.41) is 26.5. The highest BCUT2D eigenvalue weighted by atomic mass is 32.1. The van der Waals surface area contributed by atoms with E-state index in [-0.39, 0.29) is 11.3 Å². The Morgan fingerprint density at radius 3 is 2.79 bits per heavy atom. The van der Waals surface area contributed by atoms with Crippen molar-refractivity contribution < 1.29 is 14.8 Å². The molecule has 19 heavy (non-hydrogen) atoms. The molecule has 0 saturated heterocycles. The van der Waals surface area contributed by atoms with Gasteiger partial charge in [0.2, 0.25) is 0 Å². The highest BCUT2D eigenvalue weighted by molar-refractivity contribution is 7.07. The van der Waals surface area contributed by atoms with E-state index in [2.05, 4.69) is 5.32 Å². The molecular weight excluding hydrogens is 268 g/mol. The van der Waals surface area contributed by atoms with Crippen molar-refractivity contribution in [2.45, 2.75) is 6.54 Å². The van der Waals surface area contributed by atoms with Crippen LogP contribution in [-0.2, 0) is 6.54 Å². The Morgan fingerprint density at radius 1 is 1.42 bits per heavy atom. The van der Waals surface area contributed by atoms with E-state index in [9.17, 15) is 14.9 Å². The molecule has 0 unspecified atom stereocenters. The molecule has 1 aromatic heterocycles. The van der Waals surface area contributed by atoms with Crippen molar-refractivity contribution >= 4 is 28.7 Å². The molecule has 0 atom stereocenters. The van der Waals surface area contributed by atoms with Gasteiger partial charge in [-0.1, -0.05) is 0 Å². The molecule has 0 saturated carbocycles. The van der Waals surface area contributed by atoms with Gasteiger partial charge in [0.25, 0.3) is 5.69 Å². The number of nitrogens with zero attached hydrogens (tertiary/aromatic N) is 1. The SMILES string of the molecule is O=C(O)c1cc([N+](=O)[O-])ccc1NCc1ccsc1. The number of carbonyl (C=O) groups is 1. The van der Waals surface area contributed by atoms with Crippen molar-refractivity contribution in [1.82, 2.24) is 0 Å². The van der Waals surface area contributed by atoms with Gasteiger partial charge in [0.1, 0.15) is 0 Å². The maximum Gasteiger partial charge on any atom is 0.338 e. The minimum atomic E-state index is -1.20. The van der Waals surface area contributed by atoms with Crippen molar-refractivity contribution in [2.24, 2.45) is 0 Å². The zero-order valence-electron chi connectivity index (χ0n) is 9.70. The molecule has 1 aromatic carbocycles. The van der Waals surface area contributed by atoms with Gasteiger partial charge in [-0.05, 0) is 28.5 Å². The molecule has 0 radical (unpaired) electrons. The first-order chi connectivity index (χ1) is 9.08. The van der Waals surface area contributed by atoms with Crippen LogP contribution in [0.1, 0.15) is 15.9 Å².